The Bertz CT molecular complexity index is 974. The van der Waals surface area contributed by atoms with Crippen LogP contribution < -0.4 is 10.2 Å². The lowest BCUT2D eigenvalue weighted by molar-refractivity contribution is 0.102. The van der Waals surface area contributed by atoms with Crippen molar-refractivity contribution < 1.29 is 4.79 Å². The van der Waals surface area contributed by atoms with E-state index in [1.807, 2.05) is 38.4 Å². The van der Waals surface area contributed by atoms with Crippen molar-refractivity contribution in [3.8, 4) is 11.3 Å². The van der Waals surface area contributed by atoms with E-state index in [-0.39, 0.29) is 5.91 Å². The Morgan fingerprint density at radius 1 is 1.19 bits per heavy atom. The third-order valence-electron chi connectivity index (χ3n) is 4.62. The molecule has 0 spiro atoms. The first-order chi connectivity index (χ1) is 13.1. The number of aryl methyl sites for hydroxylation is 2. The second kappa shape index (κ2) is 7.19. The molecular formula is C20H22N6O. The van der Waals surface area contributed by atoms with Gasteiger partial charge in [0.15, 0.2) is 5.82 Å². The Kier molecular flexibility index (Phi) is 4.58. The van der Waals surface area contributed by atoms with Crippen molar-refractivity contribution in [1.29, 1.82) is 0 Å². The van der Waals surface area contributed by atoms with Crippen LogP contribution in [0.25, 0.3) is 11.3 Å². The first kappa shape index (κ1) is 17.2. The van der Waals surface area contributed by atoms with Crippen molar-refractivity contribution in [3.05, 3.63) is 54.1 Å². The van der Waals surface area contributed by atoms with Crippen LogP contribution in [0, 0.1) is 6.92 Å². The van der Waals surface area contributed by atoms with Gasteiger partial charge in [-0.15, -0.1) is 0 Å². The molecule has 1 aliphatic heterocycles. The Morgan fingerprint density at radius 3 is 2.78 bits per heavy atom. The van der Waals surface area contributed by atoms with Crippen molar-refractivity contribution in [2.75, 3.05) is 23.3 Å². The van der Waals surface area contributed by atoms with Crippen molar-refractivity contribution in [3.63, 3.8) is 0 Å². The number of hydrogen-bond donors (Lipinski definition) is 1. The van der Waals surface area contributed by atoms with Crippen LogP contribution in [-0.2, 0) is 7.05 Å². The number of rotatable bonds is 4. The average molecular weight is 362 g/mol. The summed E-state index contributed by atoms with van der Waals surface area (Å²) >= 11 is 0. The summed E-state index contributed by atoms with van der Waals surface area (Å²) in [5.74, 6) is 0.577. The van der Waals surface area contributed by atoms with E-state index in [1.165, 1.54) is 0 Å². The lowest BCUT2D eigenvalue weighted by Gasteiger charge is -2.16. The van der Waals surface area contributed by atoms with Crippen LogP contribution in [0.5, 0.6) is 0 Å². The van der Waals surface area contributed by atoms with Crippen LogP contribution in [-0.4, -0.2) is 38.7 Å². The lowest BCUT2D eigenvalue weighted by Crippen LogP contribution is -2.21. The van der Waals surface area contributed by atoms with Gasteiger partial charge in [0.05, 0.1) is 11.9 Å². The van der Waals surface area contributed by atoms with Gasteiger partial charge in [-0.1, -0.05) is 6.07 Å². The quantitative estimate of drug-likeness (QED) is 0.772. The summed E-state index contributed by atoms with van der Waals surface area (Å²) < 4.78 is 1.73. The van der Waals surface area contributed by atoms with Crippen molar-refractivity contribution in [2.45, 2.75) is 19.8 Å². The van der Waals surface area contributed by atoms with E-state index in [0.29, 0.717) is 11.4 Å². The van der Waals surface area contributed by atoms with E-state index >= 15 is 0 Å². The molecule has 0 radical (unpaired) electrons. The number of hydrogen-bond acceptors (Lipinski definition) is 5. The number of aromatic nitrogens is 4. The lowest BCUT2D eigenvalue weighted by atomic mass is 10.1. The van der Waals surface area contributed by atoms with Gasteiger partial charge < -0.3 is 10.2 Å². The summed E-state index contributed by atoms with van der Waals surface area (Å²) in [4.78, 5) is 23.7. The summed E-state index contributed by atoms with van der Waals surface area (Å²) in [7, 11) is 1.86. The smallest absolute Gasteiger partial charge is 0.274 e. The summed E-state index contributed by atoms with van der Waals surface area (Å²) in [6.07, 6.45) is 7.68. The van der Waals surface area contributed by atoms with Gasteiger partial charge in [-0.2, -0.15) is 5.10 Å². The number of amides is 1. The largest absolute Gasteiger partial charge is 0.353 e. The molecule has 1 aliphatic rings. The summed E-state index contributed by atoms with van der Waals surface area (Å²) in [5.41, 5.74) is 3.75. The average Bonchev–Trinajstić information content (AvgIpc) is 3.31. The zero-order valence-electron chi connectivity index (χ0n) is 15.5. The molecule has 0 unspecified atom stereocenters. The highest BCUT2D eigenvalue weighted by Gasteiger charge is 2.21. The third kappa shape index (κ3) is 3.67. The molecule has 0 aromatic carbocycles. The van der Waals surface area contributed by atoms with Crippen molar-refractivity contribution >= 4 is 17.4 Å². The number of carbonyl (C=O) groups is 1. The van der Waals surface area contributed by atoms with E-state index in [2.05, 4.69) is 25.3 Å². The normalized spacial score (nSPS) is 13.8. The minimum Gasteiger partial charge on any atom is -0.353 e. The molecule has 0 atom stereocenters. The van der Waals surface area contributed by atoms with Crippen LogP contribution in [0.15, 0.2) is 42.9 Å². The van der Waals surface area contributed by atoms with Crippen LogP contribution in [0.2, 0.25) is 0 Å². The molecule has 0 aliphatic carbocycles. The van der Waals surface area contributed by atoms with Gasteiger partial charge in [0, 0.05) is 38.1 Å². The highest BCUT2D eigenvalue weighted by atomic mass is 16.1. The second-order valence-electron chi connectivity index (χ2n) is 6.85. The van der Waals surface area contributed by atoms with Gasteiger partial charge in [-0.05, 0) is 43.5 Å². The Morgan fingerprint density at radius 2 is 2.00 bits per heavy atom. The van der Waals surface area contributed by atoms with Gasteiger partial charge in [0.1, 0.15) is 11.4 Å². The molecule has 7 nitrogen and oxygen atoms in total. The third-order valence-corrected chi connectivity index (χ3v) is 4.62. The standard InChI is InChI=1S/C20H22N6O/c1-14-10-15(12-21-11-14)16-6-5-7-17(22-16)20(27)23-18-13-25(2)24-19(18)26-8-3-4-9-26/h5-7,10-13H,3-4,8-9H2,1-2H3,(H,23,27). The monoisotopic (exact) mass is 362 g/mol. The SMILES string of the molecule is Cc1cncc(-c2cccc(C(=O)Nc3cn(C)nc3N3CCCC3)n2)c1. The number of carbonyl (C=O) groups excluding carboxylic acids is 1. The number of pyridine rings is 2. The molecule has 138 valence electrons. The number of nitrogens with zero attached hydrogens (tertiary/aromatic N) is 5. The minimum absolute atomic E-state index is 0.245. The fraction of sp³-hybridized carbons (Fsp3) is 0.300. The molecule has 7 heteroatoms. The van der Waals surface area contributed by atoms with Crippen LogP contribution in [0.1, 0.15) is 28.9 Å². The molecule has 4 heterocycles. The van der Waals surface area contributed by atoms with Crippen molar-refractivity contribution in [2.24, 2.45) is 7.05 Å². The summed E-state index contributed by atoms with van der Waals surface area (Å²) in [6, 6.07) is 7.44. The number of anilines is 2. The minimum atomic E-state index is -0.245. The highest BCUT2D eigenvalue weighted by Crippen LogP contribution is 2.27. The van der Waals surface area contributed by atoms with E-state index in [1.54, 1.807) is 23.1 Å². The summed E-state index contributed by atoms with van der Waals surface area (Å²) in [5, 5.41) is 7.49. The first-order valence-electron chi connectivity index (χ1n) is 9.09. The van der Waals surface area contributed by atoms with Crippen LogP contribution in [0.3, 0.4) is 0 Å². The second-order valence-corrected chi connectivity index (χ2v) is 6.85. The molecule has 1 amide bonds. The fourth-order valence-corrected chi connectivity index (χ4v) is 3.33. The highest BCUT2D eigenvalue weighted by molar-refractivity contribution is 6.04. The van der Waals surface area contributed by atoms with Crippen LogP contribution >= 0.6 is 0 Å². The first-order valence-corrected chi connectivity index (χ1v) is 9.09. The zero-order chi connectivity index (χ0) is 18.8. The molecule has 27 heavy (non-hydrogen) atoms. The van der Waals surface area contributed by atoms with Gasteiger partial charge in [-0.3, -0.25) is 14.5 Å². The van der Waals surface area contributed by atoms with Gasteiger partial charge in [0.2, 0.25) is 0 Å². The topological polar surface area (TPSA) is 75.9 Å². The number of nitrogens with one attached hydrogen (secondary N) is 1. The fourth-order valence-electron chi connectivity index (χ4n) is 3.33. The maximum atomic E-state index is 12.8. The van der Waals surface area contributed by atoms with Crippen molar-refractivity contribution in [1.82, 2.24) is 19.7 Å². The van der Waals surface area contributed by atoms with Gasteiger partial charge in [-0.25, -0.2) is 4.98 Å². The molecule has 0 saturated carbocycles. The molecule has 1 saturated heterocycles. The van der Waals surface area contributed by atoms with E-state index in [9.17, 15) is 4.79 Å². The van der Waals surface area contributed by atoms with Gasteiger partial charge >= 0.3 is 0 Å². The van der Waals surface area contributed by atoms with Crippen LogP contribution in [0.4, 0.5) is 11.5 Å². The molecule has 1 N–H and O–H groups in total. The molecule has 4 rings (SSSR count). The van der Waals surface area contributed by atoms with Gasteiger partial charge in [0.25, 0.3) is 5.91 Å². The maximum Gasteiger partial charge on any atom is 0.274 e. The molecular weight excluding hydrogens is 340 g/mol. The molecule has 3 aromatic heterocycles. The predicted molar refractivity (Wildman–Crippen MR) is 105 cm³/mol. The Hall–Kier alpha value is -3.22. The Labute approximate surface area is 158 Å². The zero-order valence-corrected chi connectivity index (χ0v) is 15.5. The Balaban J connectivity index is 1.58. The van der Waals surface area contributed by atoms with E-state index in [0.717, 1.165) is 48.6 Å². The predicted octanol–water partition coefficient (Wildman–Crippen LogP) is 3.04. The molecule has 1 fully saturated rings. The van der Waals surface area contributed by atoms with E-state index in [4.69, 9.17) is 0 Å². The molecule has 0 bridgehead atoms. The maximum absolute atomic E-state index is 12.8. The van der Waals surface area contributed by atoms with E-state index < -0.39 is 0 Å². The summed E-state index contributed by atoms with van der Waals surface area (Å²) in [6.45, 7) is 3.91. The molecule has 3 aromatic rings.